The van der Waals surface area contributed by atoms with E-state index in [0.717, 1.165) is 18.2 Å². The quantitative estimate of drug-likeness (QED) is 0.743. The maximum absolute atomic E-state index is 13.8. The van der Waals surface area contributed by atoms with Gasteiger partial charge in [0.2, 0.25) is 5.95 Å². The SMILES string of the molecule is CCCCn1c(=O)ccc2cnc(Nc3ccc(OC)c(F)c3)nc21. The van der Waals surface area contributed by atoms with Gasteiger partial charge in [-0.15, -0.1) is 0 Å². The number of hydrogen-bond acceptors (Lipinski definition) is 5. The number of anilines is 2. The van der Waals surface area contributed by atoms with Gasteiger partial charge in [0.1, 0.15) is 5.65 Å². The fourth-order valence-corrected chi connectivity index (χ4v) is 2.54. The van der Waals surface area contributed by atoms with Crippen LogP contribution in [0.1, 0.15) is 19.8 Å². The number of nitrogens with zero attached hydrogens (tertiary/aromatic N) is 3. The first-order valence-electron chi connectivity index (χ1n) is 8.09. The second-order valence-electron chi connectivity index (χ2n) is 5.62. The number of nitrogens with one attached hydrogen (secondary N) is 1. The number of rotatable bonds is 6. The molecule has 0 radical (unpaired) electrons. The number of aryl methyl sites for hydroxylation is 1. The zero-order valence-electron chi connectivity index (χ0n) is 14.1. The normalized spacial score (nSPS) is 10.8. The predicted molar refractivity (Wildman–Crippen MR) is 94.9 cm³/mol. The van der Waals surface area contributed by atoms with Crippen molar-refractivity contribution < 1.29 is 9.13 Å². The molecular formula is C18H19FN4O2. The first-order chi connectivity index (χ1) is 12.1. The number of methoxy groups -OCH3 is 1. The van der Waals surface area contributed by atoms with Crippen molar-refractivity contribution >= 4 is 22.7 Å². The molecule has 6 nitrogen and oxygen atoms in total. The largest absolute Gasteiger partial charge is 0.494 e. The molecule has 0 aliphatic carbocycles. The fourth-order valence-electron chi connectivity index (χ4n) is 2.54. The molecule has 3 aromatic rings. The fraction of sp³-hybridized carbons (Fsp3) is 0.278. The number of ether oxygens (including phenoxy) is 1. The van der Waals surface area contributed by atoms with Crippen LogP contribution in [0.4, 0.5) is 16.0 Å². The Hall–Kier alpha value is -2.96. The number of aromatic nitrogens is 3. The van der Waals surface area contributed by atoms with E-state index in [2.05, 4.69) is 22.2 Å². The van der Waals surface area contributed by atoms with Gasteiger partial charge in [0, 0.05) is 35.9 Å². The molecule has 7 heteroatoms. The van der Waals surface area contributed by atoms with Gasteiger partial charge in [-0.1, -0.05) is 13.3 Å². The average Bonchev–Trinajstić information content (AvgIpc) is 2.61. The second kappa shape index (κ2) is 7.29. The summed E-state index contributed by atoms with van der Waals surface area (Å²) >= 11 is 0. The first kappa shape index (κ1) is 16.9. The Kier molecular flexibility index (Phi) is 4.92. The van der Waals surface area contributed by atoms with E-state index in [1.807, 2.05) is 0 Å². The Balaban J connectivity index is 1.97. The Labute approximate surface area is 144 Å². The summed E-state index contributed by atoms with van der Waals surface area (Å²) in [6.07, 6.45) is 3.51. The van der Waals surface area contributed by atoms with Gasteiger partial charge in [0.25, 0.3) is 5.56 Å². The summed E-state index contributed by atoms with van der Waals surface area (Å²) in [5.41, 5.74) is 0.963. The lowest BCUT2D eigenvalue weighted by atomic mass is 10.3. The standard InChI is InChI=1S/C18H19FN4O2/c1-3-4-9-23-16(24)8-5-12-11-20-18(22-17(12)23)21-13-6-7-15(25-2)14(19)10-13/h5-8,10-11H,3-4,9H2,1-2H3,(H,20,21,22). The minimum atomic E-state index is -0.479. The molecule has 1 N–H and O–H groups in total. The maximum atomic E-state index is 13.8. The third kappa shape index (κ3) is 3.60. The van der Waals surface area contributed by atoms with Crippen LogP contribution in [0.3, 0.4) is 0 Å². The molecule has 3 rings (SSSR count). The third-order valence-corrected chi connectivity index (χ3v) is 3.87. The zero-order valence-corrected chi connectivity index (χ0v) is 14.1. The molecule has 1 aromatic carbocycles. The Morgan fingerprint density at radius 2 is 2.12 bits per heavy atom. The van der Waals surface area contributed by atoms with Crippen LogP contribution >= 0.6 is 0 Å². The summed E-state index contributed by atoms with van der Waals surface area (Å²) in [7, 11) is 1.41. The van der Waals surface area contributed by atoms with E-state index in [0.29, 0.717) is 23.8 Å². The van der Waals surface area contributed by atoms with Crippen LogP contribution in [-0.4, -0.2) is 21.6 Å². The van der Waals surface area contributed by atoms with Crippen LogP contribution in [0.2, 0.25) is 0 Å². The molecule has 0 aliphatic rings. The number of unbranched alkanes of at least 4 members (excludes halogenated alkanes) is 1. The Morgan fingerprint density at radius 1 is 1.28 bits per heavy atom. The van der Waals surface area contributed by atoms with Crippen molar-refractivity contribution in [3.8, 4) is 5.75 Å². The first-order valence-corrected chi connectivity index (χ1v) is 8.09. The van der Waals surface area contributed by atoms with Crippen molar-refractivity contribution in [3.05, 3.63) is 52.7 Å². The summed E-state index contributed by atoms with van der Waals surface area (Å²) in [6.45, 7) is 2.66. The van der Waals surface area contributed by atoms with E-state index in [9.17, 15) is 9.18 Å². The molecular weight excluding hydrogens is 323 g/mol. The molecule has 0 spiro atoms. The van der Waals surface area contributed by atoms with Gasteiger partial charge in [-0.05, 0) is 24.6 Å². The molecule has 0 atom stereocenters. The van der Waals surface area contributed by atoms with Crippen molar-refractivity contribution in [2.45, 2.75) is 26.3 Å². The summed E-state index contributed by atoms with van der Waals surface area (Å²) in [5, 5.41) is 3.74. The van der Waals surface area contributed by atoms with Crippen LogP contribution in [0, 0.1) is 5.82 Å². The van der Waals surface area contributed by atoms with Gasteiger partial charge in [-0.2, -0.15) is 4.98 Å². The highest BCUT2D eigenvalue weighted by Crippen LogP contribution is 2.22. The summed E-state index contributed by atoms with van der Waals surface area (Å²) in [4.78, 5) is 20.8. The molecule has 2 heterocycles. The van der Waals surface area contributed by atoms with E-state index >= 15 is 0 Å². The topological polar surface area (TPSA) is 69.0 Å². The van der Waals surface area contributed by atoms with E-state index < -0.39 is 5.82 Å². The van der Waals surface area contributed by atoms with Gasteiger partial charge in [0.15, 0.2) is 11.6 Å². The highest BCUT2D eigenvalue weighted by molar-refractivity contribution is 5.75. The lowest BCUT2D eigenvalue weighted by Gasteiger charge is -2.11. The van der Waals surface area contributed by atoms with Crippen LogP contribution in [-0.2, 0) is 6.54 Å². The monoisotopic (exact) mass is 342 g/mol. The number of pyridine rings is 1. The summed E-state index contributed by atoms with van der Waals surface area (Å²) in [6, 6.07) is 7.73. The van der Waals surface area contributed by atoms with Crippen molar-refractivity contribution in [2.24, 2.45) is 0 Å². The van der Waals surface area contributed by atoms with E-state index in [-0.39, 0.29) is 11.3 Å². The molecule has 0 amide bonds. The number of benzene rings is 1. The lowest BCUT2D eigenvalue weighted by molar-refractivity contribution is 0.386. The average molecular weight is 342 g/mol. The van der Waals surface area contributed by atoms with Gasteiger partial charge < -0.3 is 10.1 Å². The maximum Gasteiger partial charge on any atom is 0.252 e. The highest BCUT2D eigenvalue weighted by atomic mass is 19.1. The number of halogens is 1. The number of hydrogen-bond donors (Lipinski definition) is 1. The smallest absolute Gasteiger partial charge is 0.252 e. The molecule has 0 saturated carbocycles. The molecule has 0 unspecified atom stereocenters. The summed E-state index contributed by atoms with van der Waals surface area (Å²) < 4.78 is 20.4. The number of fused-ring (bicyclic) bond motifs is 1. The molecule has 0 saturated heterocycles. The van der Waals surface area contributed by atoms with Gasteiger partial charge >= 0.3 is 0 Å². The molecule has 130 valence electrons. The van der Waals surface area contributed by atoms with Crippen molar-refractivity contribution in [1.82, 2.24) is 14.5 Å². The van der Waals surface area contributed by atoms with Gasteiger partial charge in [0.05, 0.1) is 7.11 Å². The van der Waals surface area contributed by atoms with Crippen LogP contribution < -0.4 is 15.6 Å². The lowest BCUT2D eigenvalue weighted by Crippen LogP contribution is -2.20. The molecule has 2 aromatic heterocycles. The molecule has 0 fully saturated rings. The Bertz CT molecular complexity index is 955. The van der Waals surface area contributed by atoms with Crippen LogP contribution in [0.15, 0.2) is 41.3 Å². The van der Waals surface area contributed by atoms with Gasteiger partial charge in [-0.25, -0.2) is 9.37 Å². The predicted octanol–water partition coefficient (Wildman–Crippen LogP) is 3.48. The van der Waals surface area contributed by atoms with Crippen LogP contribution in [0.5, 0.6) is 5.75 Å². The Morgan fingerprint density at radius 3 is 2.84 bits per heavy atom. The van der Waals surface area contributed by atoms with Crippen molar-refractivity contribution in [2.75, 3.05) is 12.4 Å². The van der Waals surface area contributed by atoms with E-state index in [1.54, 1.807) is 22.9 Å². The van der Waals surface area contributed by atoms with Crippen LogP contribution in [0.25, 0.3) is 11.0 Å². The minimum Gasteiger partial charge on any atom is -0.494 e. The third-order valence-electron chi connectivity index (χ3n) is 3.87. The zero-order chi connectivity index (χ0) is 17.8. The van der Waals surface area contributed by atoms with Gasteiger partial charge in [-0.3, -0.25) is 9.36 Å². The van der Waals surface area contributed by atoms with Crippen molar-refractivity contribution in [1.29, 1.82) is 0 Å². The van der Waals surface area contributed by atoms with Crippen molar-refractivity contribution in [3.63, 3.8) is 0 Å². The molecule has 0 aliphatic heterocycles. The van der Waals surface area contributed by atoms with E-state index in [4.69, 9.17) is 4.74 Å². The summed E-state index contributed by atoms with van der Waals surface area (Å²) in [5.74, 6) is -0.0144. The second-order valence-corrected chi connectivity index (χ2v) is 5.62. The highest BCUT2D eigenvalue weighted by Gasteiger charge is 2.08. The molecule has 0 bridgehead atoms. The minimum absolute atomic E-state index is 0.0962. The molecule has 25 heavy (non-hydrogen) atoms. The van der Waals surface area contributed by atoms with E-state index in [1.165, 1.54) is 25.3 Å².